The predicted molar refractivity (Wildman–Crippen MR) is 63.9 cm³/mol. The van der Waals surface area contributed by atoms with Gasteiger partial charge in [-0.3, -0.25) is 0 Å². The first-order valence-electron chi connectivity index (χ1n) is 4.54. The van der Waals surface area contributed by atoms with Gasteiger partial charge in [0.1, 0.15) is 10.0 Å². The molecule has 0 aliphatic heterocycles. The van der Waals surface area contributed by atoms with Gasteiger partial charge in [0.2, 0.25) is 0 Å². The minimum absolute atomic E-state index is 1.08. The van der Waals surface area contributed by atoms with Crippen molar-refractivity contribution in [2.45, 2.75) is 11.9 Å². The summed E-state index contributed by atoms with van der Waals surface area (Å²) in [5, 5.41) is 4.37. The molecule has 1 aromatic carbocycles. The molecule has 0 saturated carbocycles. The van der Waals surface area contributed by atoms with E-state index in [9.17, 15) is 0 Å². The lowest BCUT2D eigenvalue weighted by atomic mass is 10.2. The molecule has 1 aromatic heterocycles. The fraction of sp³-hybridized carbons (Fsp3) is 0.182. The molecule has 3 heteroatoms. The normalized spacial score (nSPS) is 10.4. The summed E-state index contributed by atoms with van der Waals surface area (Å²) in [6.07, 6.45) is 0. The van der Waals surface area contributed by atoms with E-state index in [-0.39, 0.29) is 0 Å². The first-order chi connectivity index (χ1) is 6.90. The monoisotopic (exact) mass is 221 g/mol. The Hall–Kier alpha value is -0.800. The van der Waals surface area contributed by atoms with Crippen LogP contribution >= 0.6 is 23.1 Å². The SMILES string of the molecule is CCSc1csc(-c2ccccc2)n1. The Balaban J connectivity index is 2.25. The highest BCUT2D eigenvalue weighted by Crippen LogP contribution is 2.27. The fourth-order valence-corrected chi connectivity index (χ4v) is 2.80. The standard InChI is InChI=1S/C11H11NS2/c1-2-13-10-8-14-11(12-10)9-6-4-3-5-7-9/h3-8H,2H2,1H3. The van der Waals surface area contributed by atoms with Crippen LogP contribution in [0.25, 0.3) is 10.6 Å². The molecule has 2 rings (SSSR count). The molecule has 0 aliphatic carbocycles. The number of hydrogen-bond donors (Lipinski definition) is 0. The van der Waals surface area contributed by atoms with Gasteiger partial charge in [0.05, 0.1) is 0 Å². The molecule has 0 spiro atoms. The molecule has 0 radical (unpaired) electrons. The number of nitrogens with zero attached hydrogens (tertiary/aromatic N) is 1. The lowest BCUT2D eigenvalue weighted by molar-refractivity contribution is 1.20. The highest BCUT2D eigenvalue weighted by atomic mass is 32.2. The molecule has 0 N–H and O–H groups in total. The van der Waals surface area contributed by atoms with Crippen LogP contribution in [0.5, 0.6) is 0 Å². The molecule has 1 nitrogen and oxygen atoms in total. The van der Waals surface area contributed by atoms with Gasteiger partial charge in [-0.25, -0.2) is 4.98 Å². The van der Waals surface area contributed by atoms with Gasteiger partial charge >= 0.3 is 0 Å². The summed E-state index contributed by atoms with van der Waals surface area (Å²) in [5.74, 6) is 1.08. The van der Waals surface area contributed by atoms with E-state index < -0.39 is 0 Å². The Morgan fingerprint density at radius 1 is 1.29 bits per heavy atom. The van der Waals surface area contributed by atoms with Gasteiger partial charge in [0.25, 0.3) is 0 Å². The molecule has 0 amide bonds. The third-order valence-electron chi connectivity index (χ3n) is 1.80. The molecular formula is C11H11NS2. The summed E-state index contributed by atoms with van der Waals surface area (Å²) >= 11 is 3.50. The summed E-state index contributed by atoms with van der Waals surface area (Å²) in [6, 6.07) is 10.3. The average molecular weight is 221 g/mol. The third kappa shape index (κ3) is 2.16. The zero-order valence-corrected chi connectivity index (χ0v) is 9.57. The maximum atomic E-state index is 4.55. The van der Waals surface area contributed by atoms with Crippen molar-refractivity contribution in [3.63, 3.8) is 0 Å². The van der Waals surface area contributed by atoms with E-state index in [1.165, 1.54) is 5.56 Å². The maximum absolute atomic E-state index is 4.55. The molecule has 1 heterocycles. The van der Waals surface area contributed by atoms with Crippen molar-refractivity contribution < 1.29 is 0 Å². The van der Waals surface area contributed by atoms with Crippen LogP contribution in [0, 0.1) is 0 Å². The van der Waals surface area contributed by atoms with Crippen LogP contribution in [0.2, 0.25) is 0 Å². The molecule has 2 aromatic rings. The van der Waals surface area contributed by atoms with Crippen molar-refractivity contribution in [3.8, 4) is 10.6 Å². The van der Waals surface area contributed by atoms with Crippen LogP contribution < -0.4 is 0 Å². The van der Waals surface area contributed by atoms with Crippen LogP contribution in [0.1, 0.15) is 6.92 Å². The van der Waals surface area contributed by atoms with Gasteiger partial charge in [-0.15, -0.1) is 23.1 Å². The predicted octanol–water partition coefficient (Wildman–Crippen LogP) is 3.92. The highest BCUT2D eigenvalue weighted by Gasteiger charge is 2.02. The summed E-state index contributed by atoms with van der Waals surface area (Å²) < 4.78 is 0. The van der Waals surface area contributed by atoms with Gasteiger partial charge in [-0.1, -0.05) is 37.3 Å². The second kappa shape index (κ2) is 4.62. The van der Waals surface area contributed by atoms with E-state index in [2.05, 4.69) is 29.4 Å². The van der Waals surface area contributed by atoms with Gasteiger partial charge in [-0.05, 0) is 5.75 Å². The summed E-state index contributed by atoms with van der Waals surface area (Å²) in [7, 11) is 0. The van der Waals surface area contributed by atoms with Crippen molar-refractivity contribution in [2.24, 2.45) is 0 Å². The Kier molecular flexibility index (Phi) is 3.22. The second-order valence-corrected chi connectivity index (χ2v) is 4.93. The van der Waals surface area contributed by atoms with E-state index in [1.807, 2.05) is 18.2 Å². The van der Waals surface area contributed by atoms with Crippen LogP contribution in [0.3, 0.4) is 0 Å². The number of benzene rings is 1. The minimum atomic E-state index is 1.08. The largest absolute Gasteiger partial charge is 0.230 e. The van der Waals surface area contributed by atoms with E-state index in [0.717, 1.165) is 15.8 Å². The number of thioether (sulfide) groups is 1. The highest BCUT2D eigenvalue weighted by molar-refractivity contribution is 7.99. The molecule has 0 aliphatic rings. The smallest absolute Gasteiger partial charge is 0.124 e. The zero-order valence-electron chi connectivity index (χ0n) is 7.93. The average Bonchev–Trinajstić information content (AvgIpc) is 2.68. The Bertz CT molecular complexity index is 395. The topological polar surface area (TPSA) is 12.9 Å². The Morgan fingerprint density at radius 2 is 2.07 bits per heavy atom. The molecular weight excluding hydrogens is 210 g/mol. The van der Waals surface area contributed by atoms with Crippen molar-refractivity contribution in [3.05, 3.63) is 35.7 Å². The summed E-state index contributed by atoms with van der Waals surface area (Å²) in [4.78, 5) is 4.55. The minimum Gasteiger partial charge on any atom is -0.230 e. The lowest BCUT2D eigenvalue weighted by Gasteiger charge is -1.93. The van der Waals surface area contributed by atoms with Crippen molar-refractivity contribution in [1.29, 1.82) is 0 Å². The van der Waals surface area contributed by atoms with Gasteiger partial charge < -0.3 is 0 Å². The fourth-order valence-electron chi connectivity index (χ4n) is 1.19. The van der Waals surface area contributed by atoms with E-state index in [4.69, 9.17) is 0 Å². The Morgan fingerprint density at radius 3 is 2.79 bits per heavy atom. The van der Waals surface area contributed by atoms with Crippen molar-refractivity contribution in [2.75, 3.05) is 5.75 Å². The van der Waals surface area contributed by atoms with E-state index in [1.54, 1.807) is 23.1 Å². The molecule has 0 bridgehead atoms. The number of thiazole rings is 1. The van der Waals surface area contributed by atoms with Gasteiger partial charge in [0.15, 0.2) is 0 Å². The number of aromatic nitrogens is 1. The molecule has 0 saturated heterocycles. The van der Waals surface area contributed by atoms with Crippen molar-refractivity contribution >= 4 is 23.1 Å². The maximum Gasteiger partial charge on any atom is 0.124 e. The van der Waals surface area contributed by atoms with Crippen LogP contribution in [0.15, 0.2) is 40.7 Å². The number of rotatable bonds is 3. The van der Waals surface area contributed by atoms with E-state index in [0.29, 0.717) is 0 Å². The Labute approximate surface area is 92.2 Å². The molecule has 72 valence electrons. The second-order valence-electron chi connectivity index (χ2n) is 2.79. The van der Waals surface area contributed by atoms with Crippen LogP contribution in [-0.4, -0.2) is 10.7 Å². The quantitative estimate of drug-likeness (QED) is 0.729. The molecule has 0 unspecified atom stereocenters. The van der Waals surface area contributed by atoms with Crippen LogP contribution in [0.4, 0.5) is 0 Å². The van der Waals surface area contributed by atoms with E-state index >= 15 is 0 Å². The lowest BCUT2D eigenvalue weighted by Crippen LogP contribution is -1.76. The molecule has 0 fully saturated rings. The summed E-state index contributed by atoms with van der Waals surface area (Å²) in [5.41, 5.74) is 1.21. The third-order valence-corrected chi connectivity index (χ3v) is 3.63. The summed E-state index contributed by atoms with van der Waals surface area (Å²) in [6.45, 7) is 2.15. The van der Waals surface area contributed by atoms with Crippen molar-refractivity contribution in [1.82, 2.24) is 4.98 Å². The number of hydrogen-bond acceptors (Lipinski definition) is 3. The van der Waals surface area contributed by atoms with Gasteiger partial charge in [0, 0.05) is 10.9 Å². The molecule has 0 atom stereocenters. The molecule has 14 heavy (non-hydrogen) atoms. The zero-order chi connectivity index (χ0) is 9.80. The van der Waals surface area contributed by atoms with Crippen LogP contribution in [-0.2, 0) is 0 Å². The first kappa shape index (κ1) is 9.74. The van der Waals surface area contributed by atoms with Gasteiger partial charge in [-0.2, -0.15) is 0 Å². The first-order valence-corrected chi connectivity index (χ1v) is 6.40.